The first-order valence-corrected chi connectivity index (χ1v) is 13.7. The molecule has 0 saturated carbocycles. The number of carbonyl (C=O) groups excluding carboxylic acids is 2. The molecule has 0 spiro atoms. The van der Waals surface area contributed by atoms with Crippen molar-refractivity contribution in [2.45, 2.75) is 39.3 Å². The molecule has 35 heavy (non-hydrogen) atoms. The zero-order chi connectivity index (χ0) is 26.2. The molecule has 1 atom stereocenters. The van der Waals surface area contributed by atoms with Gasteiger partial charge in [0.25, 0.3) is 0 Å². The lowest BCUT2D eigenvalue weighted by molar-refractivity contribution is -0.139. The Balaban J connectivity index is 2.42. The monoisotopic (exact) mass is 543 g/mol. The average molecular weight is 545 g/mol. The number of rotatable bonds is 12. The van der Waals surface area contributed by atoms with Crippen LogP contribution in [-0.4, -0.2) is 57.6 Å². The van der Waals surface area contributed by atoms with Crippen LogP contribution >= 0.6 is 23.2 Å². The van der Waals surface area contributed by atoms with Crippen molar-refractivity contribution in [2.24, 2.45) is 0 Å². The number of nitrogens with zero attached hydrogens (tertiary/aromatic N) is 2. The van der Waals surface area contributed by atoms with Gasteiger partial charge in [-0.3, -0.25) is 13.9 Å². The summed E-state index contributed by atoms with van der Waals surface area (Å²) in [6.45, 7) is 3.53. The highest BCUT2D eigenvalue weighted by atomic mass is 35.5. The van der Waals surface area contributed by atoms with Crippen molar-refractivity contribution >= 4 is 50.7 Å². The van der Waals surface area contributed by atoms with Gasteiger partial charge in [-0.25, -0.2) is 8.42 Å². The third-order valence-corrected chi connectivity index (χ3v) is 7.10. The molecule has 192 valence electrons. The minimum atomic E-state index is -3.87. The number of nitrogens with one attached hydrogen (secondary N) is 1. The predicted octanol–water partition coefficient (Wildman–Crippen LogP) is 4.10. The Bertz CT molecular complexity index is 1140. The molecular formula is C24H31Cl2N3O5S. The van der Waals surface area contributed by atoms with E-state index in [1.807, 2.05) is 6.92 Å². The molecule has 1 N–H and O–H groups in total. The summed E-state index contributed by atoms with van der Waals surface area (Å²) in [5.41, 5.74) is 0.788. The smallest absolute Gasteiger partial charge is 0.244 e. The number of hydrogen-bond donors (Lipinski definition) is 1. The van der Waals surface area contributed by atoms with Gasteiger partial charge >= 0.3 is 0 Å². The second-order valence-corrected chi connectivity index (χ2v) is 10.8. The van der Waals surface area contributed by atoms with E-state index < -0.39 is 28.5 Å². The Morgan fingerprint density at radius 2 is 1.83 bits per heavy atom. The Hall–Kier alpha value is -2.49. The van der Waals surface area contributed by atoms with Crippen LogP contribution in [-0.2, 0) is 26.2 Å². The van der Waals surface area contributed by atoms with E-state index in [1.54, 1.807) is 49.4 Å². The summed E-state index contributed by atoms with van der Waals surface area (Å²) in [7, 11) is -2.45. The highest BCUT2D eigenvalue weighted by Crippen LogP contribution is 2.30. The molecule has 0 fully saturated rings. The highest BCUT2D eigenvalue weighted by Gasteiger charge is 2.31. The minimum absolute atomic E-state index is 0.0132. The van der Waals surface area contributed by atoms with Gasteiger partial charge in [0, 0.05) is 23.1 Å². The number of unbranched alkanes of at least 4 members (excludes halogenated alkanes) is 1. The summed E-state index contributed by atoms with van der Waals surface area (Å²) in [5, 5.41) is 3.59. The molecule has 2 rings (SSSR count). The first-order chi connectivity index (χ1) is 16.5. The van der Waals surface area contributed by atoms with E-state index in [1.165, 1.54) is 12.0 Å². The third-order valence-electron chi connectivity index (χ3n) is 5.39. The van der Waals surface area contributed by atoms with E-state index in [4.69, 9.17) is 27.9 Å². The number of sulfonamides is 1. The largest absolute Gasteiger partial charge is 0.495 e. The van der Waals surface area contributed by atoms with Crippen molar-refractivity contribution in [3.05, 3.63) is 58.1 Å². The van der Waals surface area contributed by atoms with E-state index in [-0.39, 0.29) is 18.1 Å². The van der Waals surface area contributed by atoms with Gasteiger partial charge in [-0.15, -0.1) is 0 Å². The molecule has 11 heteroatoms. The number of methoxy groups -OCH3 is 1. The van der Waals surface area contributed by atoms with Crippen molar-refractivity contribution in [1.29, 1.82) is 0 Å². The van der Waals surface area contributed by atoms with Gasteiger partial charge in [0.1, 0.15) is 18.3 Å². The molecule has 0 radical (unpaired) electrons. The molecule has 0 heterocycles. The Morgan fingerprint density at radius 3 is 2.43 bits per heavy atom. The van der Waals surface area contributed by atoms with Gasteiger partial charge < -0.3 is 15.0 Å². The van der Waals surface area contributed by atoms with Gasteiger partial charge in [-0.1, -0.05) is 54.7 Å². The highest BCUT2D eigenvalue weighted by molar-refractivity contribution is 7.92. The number of ether oxygens (including phenoxy) is 1. The maximum atomic E-state index is 13.6. The lowest BCUT2D eigenvalue weighted by Crippen LogP contribution is -2.51. The standard InChI is InChI=1S/C24H31Cl2N3O5S/c1-5-6-13-27-24(31)17(2)28(15-18-11-12-19(25)14-20(18)26)23(30)16-29(35(4,32)33)21-9-7-8-10-22(21)34-3/h7-12,14,17H,5-6,13,15-16H2,1-4H3,(H,27,31)/t17-/m0/s1. The predicted molar refractivity (Wildman–Crippen MR) is 140 cm³/mol. The van der Waals surface area contributed by atoms with Crippen LogP contribution in [0.4, 0.5) is 5.69 Å². The van der Waals surface area contributed by atoms with Crippen molar-refractivity contribution in [2.75, 3.05) is 30.8 Å². The van der Waals surface area contributed by atoms with Crippen LogP contribution in [0.25, 0.3) is 0 Å². The molecule has 0 aromatic heterocycles. The molecule has 2 aromatic rings. The minimum Gasteiger partial charge on any atom is -0.495 e. The van der Waals surface area contributed by atoms with Gasteiger partial charge in [0.2, 0.25) is 21.8 Å². The number of benzene rings is 2. The van der Waals surface area contributed by atoms with Crippen LogP contribution < -0.4 is 14.4 Å². The topological polar surface area (TPSA) is 96.0 Å². The van der Waals surface area contributed by atoms with Crippen LogP contribution in [0, 0.1) is 0 Å². The lowest BCUT2D eigenvalue weighted by Gasteiger charge is -2.32. The fourth-order valence-corrected chi connectivity index (χ4v) is 4.70. The summed E-state index contributed by atoms with van der Waals surface area (Å²) < 4.78 is 31.6. The molecule has 0 aliphatic heterocycles. The van der Waals surface area contributed by atoms with Crippen LogP contribution in [0.3, 0.4) is 0 Å². The van der Waals surface area contributed by atoms with Crippen molar-refractivity contribution < 1.29 is 22.7 Å². The fraction of sp³-hybridized carbons (Fsp3) is 0.417. The Labute approximate surface area is 217 Å². The summed E-state index contributed by atoms with van der Waals surface area (Å²) in [5.74, 6) is -0.631. The van der Waals surface area contributed by atoms with E-state index in [9.17, 15) is 18.0 Å². The van der Waals surface area contributed by atoms with E-state index >= 15 is 0 Å². The van der Waals surface area contributed by atoms with Crippen LogP contribution in [0.1, 0.15) is 32.3 Å². The zero-order valence-corrected chi connectivity index (χ0v) is 22.6. The molecule has 0 aliphatic carbocycles. The van der Waals surface area contributed by atoms with Crippen LogP contribution in [0.15, 0.2) is 42.5 Å². The molecule has 0 bridgehead atoms. The summed E-state index contributed by atoms with van der Waals surface area (Å²) in [4.78, 5) is 27.7. The average Bonchev–Trinajstić information content (AvgIpc) is 2.80. The number of carbonyl (C=O) groups is 2. The Kier molecular flexibility index (Phi) is 10.7. The molecule has 2 aromatic carbocycles. The Morgan fingerprint density at radius 1 is 1.14 bits per heavy atom. The van der Waals surface area contributed by atoms with Gasteiger partial charge in [0.15, 0.2) is 0 Å². The second-order valence-electron chi connectivity index (χ2n) is 8.02. The molecule has 0 saturated heterocycles. The third kappa shape index (κ3) is 8.02. The summed E-state index contributed by atoms with van der Waals surface area (Å²) in [6.07, 6.45) is 2.71. The number of halogens is 2. The number of para-hydroxylation sites is 2. The molecule has 0 unspecified atom stereocenters. The summed E-state index contributed by atoms with van der Waals surface area (Å²) in [6, 6.07) is 10.5. The second kappa shape index (κ2) is 13.0. The van der Waals surface area contributed by atoms with Crippen molar-refractivity contribution in [3.63, 3.8) is 0 Å². The van der Waals surface area contributed by atoms with Gasteiger partial charge in [-0.05, 0) is 43.2 Å². The van der Waals surface area contributed by atoms with E-state index in [0.717, 1.165) is 23.4 Å². The van der Waals surface area contributed by atoms with E-state index in [2.05, 4.69) is 5.32 Å². The van der Waals surface area contributed by atoms with Crippen molar-refractivity contribution in [3.8, 4) is 5.75 Å². The lowest BCUT2D eigenvalue weighted by atomic mass is 10.1. The van der Waals surface area contributed by atoms with Gasteiger partial charge in [-0.2, -0.15) is 0 Å². The normalized spacial score (nSPS) is 12.1. The fourth-order valence-electron chi connectivity index (χ4n) is 3.38. The molecule has 0 aliphatic rings. The molecular weight excluding hydrogens is 513 g/mol. The van der Waals surface area contributed by atoms with Crippen molar-refractivity contribution in [1.82, 2.24) is 10.2 Å². The first-order valence-electron chi connectivity index (χ1n) is 11.1. The number of hydrogen-bond acceptors (Lipinski definition) is 5. The SMILES string of the molecule is CCCCNC(=O)[C@H](C)N(Cc1ccc(Cl)cc1Cl)C(=O)CN(c1ccccc1OC)S(C)(=O)=O. The number of amides is 2. The summed E-state index contributed by atoms with van der Waals surface area (Å²) >= 11 is 12.3. The maximum absolute atomic E-state index is 13.6. The van der Waals surface area contributed by atoms with E-state index in [0.29, 0.717) is 27.9 Å². The maximum Gasteiger partial charge on any atom is 0.244 e. The molecule has 2 amide bonds. The first kappa shape index (κ1) is 28.7. The quantitative estimate of drug-likeness (QED) is 0.406. The zero-order valence-electron chi connectivity index (χ0n) is 20.3. The molecule has 8 nitrogen and oxygen atoms in total. The number of anilines is 1. The van der Waals surface area contributed by atoms with Gasteiger partial charge in [0.05, 0.1) is 19.1 Å². The van der Waals surface area contributed by atoms with Crippen LogP contribution in [0.5, 0.6) is 5.75 Å². The van der Waals surface area contributed by atoms with Crippen LogP contribution in [0.2, 0.25) is 10.0 Å².